The monoisotopic (exact) mass is 224 g/mol. The van der Waals surface area contributed by atoms with Crippen molar-refractivity contribution >= 4 is 0 Å². The molecule has 0 aliphatic rings. The molecule has 4 nitrogen and oxygen atoms in total. The molecule has 4 heteroatoms. The molecule has 0 bridgehead atoms. The molecule has 1 rings (SSSR count). The van der Waals surface area contributed by atoms with Gasteiger partial charge in [0, 0.05) is 25.4 Å². The Kier molecular flexibility index (Phi) is 4.93. The Morgan fingerprint density at radius 2 is 2.00 bits per heavy atom. The van der Waals surface area contributed by atoms with Crippen molar-refractivity contribution in [3.8, 4) is 0 Å². The quantitative estimate of drug-likeness (QED) is 0.804. The summed E-state index contributed by atoms with van der Waals surface area (Å²) in [5, 5.41) is 4.37. The molecule has 1 aromatic heterocycles. The van der Waals surface area contributed by atoms with E-state index in [0.717, 1.165) is 37.3 Å². The maximum Gasteiger partial charge on any atom is 0.150 e. The lowest BCUT2D eigenvalue weighted by Gasteiger charge is -2.11. The van der Waals surface area contributed by atoms with E-state index < -0.39 is 0 Å². The van der Waals surface area contributed by atoms with Gasteiger partial charge in [-0.25, -0.2) is 4.98 Å². The third kappa shape index (κ3) is 3.59. The van der Waals surface area contributed by atoms with Gasteiger partial charge in [-0.1, -0.05) is 20.3 Å². The fourth-order valence-electron chi connectivity index (χ4n) is 1.91. The molecule has 0 saturated carbocycles. The minimum absolute atomic E-state index is 0.304. The van der Waals surface area contributed by atoms with Gasteiger partial charge in [-0.2, -0.15) is 5.10 Å². The Morgan fingerprint density at radius 1 is 1.31 bits per heavy atom. The SMILES string of the molecule is CCc1nc(C(C)CCCC(C)N)n(C)n1. The molecule has 16 heavy (non-hydrogen) atoms. The van der Waals surface area contributed by atoms with E-state index in [1.807, 2.05) is 11.7 Å². The van der Waals surface area contributed by atoms with Gasteiger partial charge < -0.3 is 5.73 Å². The van der Waals surface area contributed by atoms with E-state index in [2.05, 4.69) is 30.9 Å². The molecule has 0 spiro atoms. The molecular formula is C12H24N4. The summed E-state index contributed by atoms with van der Waals surface area (Å²) < 4.78 is 1.91. The van der Waals surface area contributed by atoms with Gasteiger partial charge >= 0.3 is 0 Å². The summed E-state index contributed by atoms with van der Waals surface area (Å²) >= 11 is 0. The van der Waals surface area contributed by atoms with Crippen LogP contribution in [0, 0.1) is 0 Å². The average Bonchev–Trinajstić information content (AvgIpc) is 2.59. The van der Waals surface area contributed by atoms with Gasteiger partial charge in [-0.15, -0.1) is 0 Å². The van der Waals surface area contributed by atoms with Crippen LogP contribution in [-0.4, -0.2) is 20.8 Å². The van der Waals surface area contributed by atoms with Crippen molar-refractivity contribution < 1.29 is 0 Å². The van der Waals surface area contributed by atoms with E-state index >= 15 is 0 Å². The van der Waals surface area contributed by atoms with Crippen molar-refractivity contribution in [2.75, 3.05) is 0 Å². The minimum atomic E-state index is 0.304. The Hall–Kier alpha value is -0.900. The molecule has 0 saturated heterocycles. The van der Waals surface area contributed by atoms with Crippen LogP contribution in [0.15, 0.2) is 0 Å². The second-order valence-electron chi connectivity index (χ2n) is 4.67. The molecule has 0 fully saturated rings. The molecule has 0 amide bonds. The van der Waals surface area contributed by atoms with E-state index in [-0.39, 0.29) is 0 Å². The Balaban J connectivity index is 2.51. The number of aromatic nitrogens is 3. The van der Waals surface area contributed by atoms with Crippen molar-refractivity contribution in [3.05, 3.63) is 11.6 Å². The van der Waals surface area contributed by atoms with Gasteiger partial charge in [0.15, 0.2) is 5.82 Å². The van der Waals surface area contributed by atoms with Gasteiger partial charge in [0.05, 0.1) is 0 Å². The van der Waals surface area contributed by atoms with E-state index in [9.17, 15) is 0 Å². The molecule has 92 valence electrons. The highest BCUT2D eigenvalue weighted by atomic mass is 15.3. The number of rotatable bonds is 6. The lowest BCUT2D eigenvalue weighted by molar-refractivity contribution is 0.525. The summed E-state index contributed by atoms with van der Waals surface area (Å²) in [5.41, 5.74) is 5.74. The summed E-state index contributed by atoms with van der Waals surface area (Å²) in [4.78, 5) is 4.55. The molecule has 1 aromatic rings. The van der Waals surface area contributed by atoms with E-state index in [0.29, 0.717) is 12.0 Å². The summed E-state index contributed by atoms with van der Waals surface area (Å²) in [5.74, 6) is 2.51. The second kappa shape index (κ2) is 5.99. The molecule has 2 unspecified atom stereocenters. The molecular weight excluding hydrogens is 200 g/mol. The third-order valence-corrected chi connectivity index (χ3v) is 2.89. The zero-order chi connectivity index (χ0) is 12.1. The first-order valence-electron chi connectivity index (χ1n) is 6.20. The van der Waals surface area contributed by atoms with Crippen LogP contribution in [0.1, 0.15) is 57.6 Å². The predicted octanol–water partition coefficient (Wildman–Crippen LogP) is 2.00. The first kappa shape index (κ1) is 13.2. The van der Waals surface area contributed by atoms with Crippen LogP contribution in [0.4, 0.5) is 0 Å². The number of nitrogens with zero attached hydrogens (tertiary/aromatic N) is 3. The van der Waals surface area contributed by atoms with Crippen LogP contribution in [0.25, 0.3) is 0 Å². The van der Waals surface area contributed by atoms with Crippen LogP contribution in [0.5, 0.6) is 0 Å². The van der Waals surface area contributed by atoms with Crippen molar-refractivity contribution in [3.63, 3.8) is 0 Å². The maximum atomic E-state index is 5.74. The Bertz CT molecular complexity index is 317. The van der Waals surface area contributed by atoms with Gasteiger partial charge in [-0.05, 0) is 19.8 Å². The highest BCUT2D eigenvalue weighted by Crippen LogP contribution is 2.19. The van der Waals surface area contributed by atoms with E-state index in [1.54, 1.807) is 0 Å². The maximum absolute atomic E-state index is 5.74. The van der Waals surface area contributed by atoms with Gasteiger partial charge in [0.1, 0.15) is 5.82 Å². The molecule has 1 heterocycles. The van der Waals surface area contributed by atoms with Crippen LogP contribution >= 0.6 is 0 Å². The lowest BCUT2D eigenvalue weighted by atomic mass is 10.0. The van der Waals surface area contributed by atoms with Gasteiger partial charge in [0.25, 0.3) is 0 Å². The zero-order valence-electron chi connectivity index (χ0n) is 10.9. The molecule has 2 atom stereocenters. The second-order valence-corrected chi connectivity index (χ2v) is 4.67. The number of nitrogens with two attached hydrogens (primary N) is 1. The van der Waals surface area contributed by atoms with Crippen molar-refractivity contribution in [2.24, 2.45) is 12.8 Å². The smallest absolute Gasteiger partial charge is 0.150 e. The normalized spacial score (nSPS) is 15.1. The summed E-state index contributed by atoms with van der Waals surface area (Å²) in [6, 6.07) is 0.304. The number of hydrogen-bond acceptors (Lipinski definition) is 3. The standard InChI is InChI=1S/C12H24N4/c1-5-11-14-12(16(4)15-11)9(2)7-6-8-10(3)13/h9-10H,5-8,13H2,1-4H3. The number of hydrogen-bond donors (Lipinski definition) is 1. The molecule has 0 aliphatic heterocycles. The molecule has 2 N–H and O–H groups in total. The average molecular weight is 224 g/mol. The fourth-order valence-corrected chi connectivity index (χ4v) is 1.91. The van der Waals surface area contributed by atoms with Crippen LogP contribution in [0.3, 0.4) is 0 Å². The van der Waals surface area contributed by atoms with Crippen molar-refractivity contribution in [1.82, 2.24) is 14.8 Å². The van der Waals surface area contributed by atoms with E-state index in [4.69, 9.17) is 5.73 Å². The first-order valence-corrected chi connectivity index (χ1v) is 6.20. The van der Waals surface area contributed by atoms with Gasteiger partial charge in [0.2, 0.25) is 0 Å². The van der Waals surface area contributed by atoms with Gasteiger partial charge in [-0.3, -0.25) is 4.68 Å². The Labute approximate surface area is 98.2 Å². The van der Waals surface area contributed by atoms with Crippen LogP contribution in [-0.2, 0) is 13.5 Å². The summed E-state index contributed by atoms with van der Waals surface area (Å²) in [6.45, 7) is 6.35. The predicted molar refractivity (Wildman–Crippen MR) is 66.3 cm³/mol. The topological polar surface area (TPSA) is 56.7 Å². The molecule has 0 aromatic carbocycles. The van der Waals surface area contributed by atoms with Crippen LogP contribution < -0.4 is 5.73 Å². The fraction of sp³-hybridized carbons (Fsp3) is 0.833. The highest BCUT2D eigenvalue weighted by Gasteiger charge is 2.13. The minimum Gasteiger partial charge on any atom is -0.328 e. The third-order valence-electron chi connectivity index (χ3n) is 2.89. The van der Waals surface area contributed by atoms with Crippen LogP contribution in [0.2, 0.25) is 0 Å². The summed E-state index contributed by atoms with van der Waals surface area (Å²) in [7, 11) is 1.98. The zero-order valence-corrected chi connectivity index (χ0v) is 10.9. The Morgan fingerprint density at radius 3 is 2.50 bits per heavy atom. The van der Waals surface area contributed by atoms with E-state index in [1.165, 1.54) is 0 Å². The largest absolute Gasteiger partial charge is 0.328 e. The number of aryl methyl sites for hydroxylation is 2. The van der Waals surface area contributed by atoms with Crippen molar-refractivity contribution in [2.45, 2.75) is 58.4 Å². The molecule has 0 aliphatic carbocycles. The summed E-state index contributed by atoms with van der Waals surface area (Å²) in [6.07, 6.45) is 4.29. The first-order chi connectivity index (χ1) is 7.54. The molecule has 0 radical (unpaired) electrons. The lowest BCUT2D eigenvalue weighted by Crippen LogP contribution is -2.14. The van der Waals surface area contributed by atoms with Crippen molar-refractivity contribution in [1.29, 1.82) is 0 Å². The highest BCUT2D eigenvalue weighted by molar-refractivity contribution is 4.98.